The molecule has 27 heavy (non-hydrogen) atoms. The number of piperidine rings is 1. The van der Waals surface area contributed by atoms with Gasteiger partial charge in [-0.15, -0.1) is 0 Å². The first-order valence-electron chi connectivity index (χ1n) is 8.27. The average Bonchev–Trinajstić information content (AvgIpc) is 2.56. The minimum atomic E-state index is -4.95. The highest BCUT2D eigenvalue weighted by molar-refractivity contribution is 6.42. The molecule has 5 nitrogen and oxygen atoms in total. The molecule has 2 N–H and O–H groups in total. The Morgan fingerprint density at radius 1 is 1.26 bits per heavy atom. The predicted molar refractivity (Wildman–Crippen MR) is 95.7 cm³/mol. The number of carbonyl (C=O) groups is 2. The number of aliphatic hydroxyl groups is 1. The van der Waals surface area contributed by atoms with Gasteiger partial charge in [-0.05, 0) is 44.4 Å². The highest BCUT2D eigenvalue weighted by atomic mass is 35.5. The van der Waals surface area contributed by atoms with Crippen LogP contribution in [0.3, 0.4) is 0 Å². The number of amides is 2. The molecule has 0 unspecified atom stereocenters. The van der Waals surface area contributed by atoms with Gasteiger partial charge in [0, 0.05) is 12.2 Å². The van der Waals surface area contributed by atoms with Crippen molar-refractivity contribution in [3.05, 3.63) is 28.2 Å². The number of nitrogens with zero attached hydrogens (tertiary/aromatic N) is 1. The molecule has 1 aliphatic rings. The molecular formula is C17H19Cl2F3N2O3. The van der Waals surface area contributed by atoms with E-state index in [-0.39, 0.29) is 11.6 Å². The van der Waals surface area contributed by atoms with Crippen molar-refractivity contribution in [2.24, 2.45) is 0 Å². The molecule has 1 aliphatic heterocycles. The number of likely N-dealkylation sites (tertiary alicyclic amines) is 1. The summed E-state index contributed by atoms with van der Waals surface area (Å²) in [7, 11) is 0. The smallest absolute Gasteiger partial charge is 0.380 e. The van der Waals surface area contributed by atoms with Crippen molar-refractivity contribution in [2.75, 3.05) is 11.9 Å². The summed E-state index contributed by atoms with van der Waals surface area (Å²) in [4.78, 5) is 26.0. The number of nitrogens with one attached hydrogen (secondary N) is 1. The quantitative estimate of drug-likeness (QED) is 0.763. The fourth-order valence-corrected chi connectivity index (χ4v) is 3.10. The summed E-state index contributed by atoms with van der Waals surface area (Å²) in [5.74, 6) is -1.46. The van der Waals surface area contributed by atoms with Crippen molar-refractivity contribution in [3.8, 4) is 0 Å². The van der Waals surface area contributed by atoms with Crippen LogP contribution < -0.4 is 5.32 Å². The maximum absolute atomic E-state index is 12.9. The second-order valence-electron chi connectivity index (χ2n) is 6.67. The van der Waals surface area contributed by atoms with Crippen LogP contribution in [0.2, 0.25) is 10.0 Å². The van der Waals surface area contributed by atoms with Gasteiger partial charge in [0.1, 0.15) is 6.04 Å². The van der Waals surface area contributed by atoms with Crippen LogP contribution in [0.4, 0.5) is 18.9 Å². The van der Waals surface area contributed by atoms with Crippen molar-refractivity contribution < 1.29 is 27.9 Å². The Morgan fingerprint density at radius 2 is 1.93 bits per heavy atom. The molecule has 0 spiro atoms. The lowest BCUT2D eigenvalue weighted by Crippen LogP contribution is -2.53. The number of anilines is 1. The number of benzene rings is 1. The second kappa shape index (κ2) is 8.24. The molecular weight excluding hydrogens is 408 g/mol. The van der Waals surface area contributed by atoms with Gasteiger partial charge >= 0.3 is 6.18 Å². The molecule has 1 aromatic carbocycles. The Hall–Kier alpha value is -1.51. The van der Waals surface area contributed by atoms with Gasteiger partial charge in [-0.25, -0.2) is 0 Å². The monoisotopic (exact) mass is 426 g/mol. The summed E-state index contributed by atoms with van der Waals surface area (Å²) in [5, 5.41) is 12.7. The van der Waals surface area contributed by atoms with Crippen LogP contribution >= 0.6 is 23.2 Å². The zero-order chi connectivity index (χ0) is 20.4. The van der Waals surface area contributed by atoms with Crippen LogP contribution in [0.1, 0.15) is 32.6 Å². The zero-order valence-corrected chi connectivity index (χ0v) is 16.0. The van der Waals surface area contributed by atoms with Gasteiger partial charge < -0.3 is 15.3 Å². The van der Waals surface area contributed by atoms with E-state index in [9.17, 15) is 27.9 Å². The number of hydrogen-bond acceptors (Lipinski definition) is 3. The van der Waals surface area contributed by atoms with Crippen LogP contribution in [-0.2, 0) is 9.59 Å². The first-order chi connectivity index (χ1) is 12.4. The molecule has 1 aromatic rings. The van der Waals surface area contributed by atoms with E-state index in [4.69, 9.17) is 23.2 Å². The molecule has 1 heterocycles. The molecule has 2 rings (SSSR count). The Kier molecular flexibility index (Phi) is 6.65. The van der Waals surface area contributed by atoms with E-state index in [1.165, 1.54) is 18.2 Å². The highest BCUT2D eigenvalue weighted by Crippen LogP contribution is 2.34. The third kappa shape index (κ3) is 5.27. The average molecular weight is 427 g/mol. The topological polar surface area (TPSA) is 69.6 Å². The second-order valence-corrected chi connectivity index (χ2v) is 7.48. The number of carbonyl (C=O) groups excluding carboxylic acids is 2. The van der Waals surface area contributed by atoms with E-state index < -0.39 is 36.1 Å². The molecule has 10 heteroatoms. The summed E-state index contributed by atoms with van der Waals surface area (Å²) in [6.45, 7) is 0.686. The Balaban J connectivity index is 2.12. The Bertz CT molecular complexity index is 726. The van der Waals surface area contributed by atoms with Crippen molar-refractivity contribution in [2.45, 2.75) is 50.4 Å². The lowest BCUT2D eigenvalue weighted by Gasteiger charge is -2.36. The van der Waals surface area contributed by atoms with Crippen LogP contribution in [-0.4, -0.2) is 46.2 Å². The van der Waals surface area contributed by atoms with Crippen molar-refractivity contribution in [3.63, 3.8) is 0 Å². The van der Waals surface area contributed by atoms with Gasteiger partial charge in [-0.2, -0.15) is 13.2 Å². The lowest BCUT2D eigenvalue weighted by molar-refractivity contribution is -0.254. The standard InChI is InChI=1S/C17H19Cl2F3N2O3/c1-16(27,17(20,21)22)9-14(25)24-7-3-2-4-13(24)15(26)23-10-5-6-11(18)12(19)8-10/h5-6,8,13,27H,2-4,7,9H2,1H3,(H,23,26)/t13-,16+/m0/s1. The third-order valence-corrected chi connectivity index (χ3v) is 5.16. The molecule has 1 saturated heterocycles. The fraction of sp³-hybridized carbons (Fsp3) is 0.529. The van der Waals surface area contributed by atoms with E-state index in [0.29, 0.717) is 36.9 Å². The summed E-state index contributed by atoms with van der Waals surface area (Å²) < 4.78 is 38.6. The summed E-state index contributed by atoms with van der Waals surface area (Å²) >= 11 is 11.7. The number of rotatable bonds is 4. The first kappa shape index (κ1) is 21.8. The molecule has 0 aliphatic carbocycles. The maximum Gasteiger partial charge on any atom is 0.417 e. The first-order valence-corrected chi connectivity index (χ1v) is 9.02. The fourth-order valence-electron chi connectivity index (χ4n) is 2.80. The van der Waals surface area contributed by atoms with Crippen LogP contribution in [0, 0.1) is 0 Å². The largest absolute Gasteiger partial charge is 0.417 e. The Labute approximate surface area is 164 Å². The van der Waals surface area contributed by atoms with Gasteiger partial charge in [0.2, 0.25) is 11.8 Å². The van der Waals surface area contributed by atoms with Gasteiger partial charge in [-0.1, -0.05) is 23.2 Å². The Morgan fingerprint density at radius 3 is 2.52 bits per heavy atom. The molecule has 0 aromatic heterocycles. The summed E-state index contributed by atoms with van der Waals surface area (Å²) in [5.41, 5.74) is -2.80. The normalized spacial score (nSPS) is 20.1. The molecule has 0 radical (unpaired) electrons. The number of hydrogen-bond donors (Lipinski definition) is 2. The zero-order valence-electron chi connectivity index (χ0n) is 14.4. The molecule has 2 amide bonds. The predicted octanol–water partition coefficient (Wildman–Crippen LogP) is 4.02. The SMILES string of the molecule is C[C@@](O)(CC(=O)N1CCCC[C@H]1C(=O)Nc1ccc(Cl)c(Cl)c1)C(F)(F)F. The van der Waals surface area contributed by atoms with Gasteiger partial charge in [0.15, 0.2) is 5.60 Å². The molecule has 0 bridgehead atoms. The summed E-state index contributed by atoms with van der Waals surface area (Å²) in [6.07, 6.45) is -4.56. The van der Waals surface area contributed by atoms with Crippen molar-refractivity contribution in [1.82, 2.24) is 4.90 Å². The van der Waals surface area contributed by atoms with E-state index in [2.05, 4.69) is 5.32 Å². The molecule has 1 fully saturated rings. The van der Waals surface area contributed by atoms with Crippen LogP contribution in [0.25, 0.3) is 0 Å². The molecule has 150 valence electrons. The number of alkyl halides is 3. The van der Waals surface area contributed by atoms with E-state index >= 15 is 0 Å². The highest BCUT2D eigenvalue weighted by Gasteiger charge is 2.52. The van der Waals surface area contributed by atoms with E-state index in [1.807, 2.05) is 0 Å². The van der Waals surface area contributed by atoms with Crippen molar-refractivity contribution in [1.29, 1.82) is 0 Å². The van der Waals surface area contributed by atoms with Crippen molar-refractivity contribution >= 4 is 40.7 Å². The van der Waals surface area contributed by atoms with E-state index in [1.54, 1.807) is 0 Å². The van der Waals surface area contributed by atoms with E-state index in [0.717, 1.165) is 4.90 Å². The van der Waals surface area contributed by atoms with Gasteiger partial charge in [0.25, 0.3) is 0 Å². The van der Waals surface area contributed by atoms with Crippen LogP contribution in [0.5, 0.6) is 0 Å². The minimum absolute atomic E-state index is 0.145. The molecule has 2 atom stereocenters. The van der Waals surface area contributed by atoms with Gasteiger partial charge in [0.05, 0.1) is 16.5 Å². The summed E-state index contributed by atoms with van der Waals surface area (Å²) in [6, 6.07) is 3.52. The number of halogens is 5. The lowest BCUT2D eigenvalue weighted by atomic mass is 9.96. The maximum atomic E-state index is 12.9. The van der Waals surface area contributed by atoms with Gasteiger partial charge in [-0.3, -0.25) is 9.59 Å². The minimum Gasteiger partial charge on any atom is -0.380 e. The van der Waals surface area contributed by atoms with Crippen LogP contribution in [0.15, 0.2) is 18.2 Å². The molecule has 0 saturated carbocycles. The third-order valence-electron chi connectivity index (χ3n) is 4.42.